The minimum absolute atomic E-state index is 0.139. The Balaban J connectivity index is 1.04. The van der Waals surface area contributed by atoms with Crippen LogP contribution >= 0.6 is 0 Å². The van der Waals surface area contributed by atoms with E-state index < -0.39 is 30.7 Å². The summed E-state index contributed by atoms with van der Waals surface area (Å²) in [5.41, 5.74) is 2.13. The minimum atomic E-state index is -1.44. The maximum absolute atomic E-state index is 12.6. The highest BCUT2D eigenvalue weighted by Crippen LogP contribution is 2.67. The average molecular weight is 815 g/mol. The van der Waals surface area contributed by atoms with Crippen LogP contribution in [0.2, 0.25) is 0 Å². The van der Waals surface area contributed by atoms with Crippen LogP contribution in [-0.2, 0) is 19.0 Å². The predicted molar refractivity (Wildman–Crippen MR) is 235 cm³/mol. The van der Waals surface area contributed by atoms with Gasteiger partial charge in [-0.3, -0.25) is 4.79 Å². The lowest BCUT2D eigenvalue weighted by Gasteiger charge is -2.58. The van der Waals surface area contributed by atoms with Crippen LogP contribution in [0, 0.1) is 52.3 Å². The van der Waals surface area contributed by atoms with Gasteiger partial charge in [-0.25, -0.2) is 0 Å². The van der Waals surface area contributed by atoms with Crippen LogP contribution in [0.15, 0.2) is 11.6 Å². The Kier molecular flexibility index (Phi) is 19.0. The largest absolute Gasteiger partial charge is 0.463 e. The number of hydrogen-bond donors (Lipinski definition) is 3. The van der Waals surface area contributed by atoms with Gasteiger partial charge in [0, 0.05) is 6.42 Å². The fraction of sp³-hybridized carbons (Fsp3) is 0.941. The molecule has 0 radical (unpaired) electrons. The van der Waals surface area contributed by atoms with Gasteiger partial charge in [0.05, 0.1) is 6.10 Å². The third-order valence-electron chi connectivity index (χ3n) is 17.2. The topological polar surface area (TPSA) is 105 Å². The number of allylic oxidation sites excluding steroid dienone is 1. The van der Waals surface area contributed by atoms with Crippen molar-refractivity contribution in [1.82, 2.24) is 0 Å². The third-order valence-corrected chi connectivity index (χ3v) is 17.2. The lowest BCUT2D eigenvalue weighted by molar-refractivity contribution is -0.313. The second-order valence-electron chi connectivity index (χ2n) is 21.1. The summed E-state index contributed by atoms with van der Waals surface area (Å²) in [6.45, 7) is 17.0. The van der Waals surface area contributed by atoms with E-state index in [0.717, 1.165) is 80.5 Å². The zero-order chi connectivity index (χ0) is 41.9. The average Bonchev–Trinajstić information content (AvgIpc) is 3.56. The lowest BCUT2D eigenvalue weighted by atomic mass is 9.47. The van der Waals surface area contributed by atoms with Crippen molar-refractivity contribution in [3.05, 3.63) is 11.6 Å². The SMILES string of the molecule is CCCCCCCCCCCCCCCC(=O)OCC1OC(OC2CC[C@@]3(C)C(=CC[C@H]4[C@H]5CC[C@@H](C(C)CCC(CC)C(C)C)[C@@]5(C)CC[C@H]43)C2)C(O)C(O)C1O. The summed E-state index contributed by atoms with van der Waals surface area (Å²) in [4.78, 5) is 12.6. The highest BCUT2D eigenvalue weighted by atomic mass is 16.7. The summed E-state index contributed by atoms with van der Waals surface area (Å²) in [5.74, 6) is 5.24. The van der Waals surface area contributed by atoms with Crippen molar-refractivity contribution in [3.8, 4) is 0 Å². The summed E-state index contributed by atoms with van der Waals surface area (Å²) >= 11 is 0. The summed E-state index contributed by atoms with van der Waals surface area (Å²) in [6, 6.07) is 0. The van der Waals surface area contributed by atoms with Crippen LogP contribution < -0.4 is 0 Å². The van der Waals surface area contributed by atoms with Crippen molar-refractivity contribution < 1.29 is 34.3 Å². The van der Waals surface area contributed by atoms with Crippen molar-refractivity contribution in [3.63, 3.8) is 0 Å². The quantitative estimate of drug-likeness (QED) is 0.0506. The molecule has 1 saturated heterocycles. The summed E-state index contributed by atoms with van der Waals surface area (Å²) in [7, 11) is 0. The fourth-order valence-corrected chi connectivity index (χ4v) is 13.3. The van der Waals surface area contributed by atoms with Crippen molar-refractivity contribution >= 4 is 5.97 Å². The molecule has 0 aromatic heterocycles. The van der Waals surface area contributed by atoms with Gasteiger partial charge in [0.2, 0.25) is 0 Å². The molecule has 1 heterocycles. The Morgan fingerprint density at radius 2 is 1.45 bits per heavy atom. The zero-order valence-corrected chi connectivity index (χ0v) is 38.4. The number of hydrogen-bond acceptors (Lipinski definition) is 7. The van der Waals surface area contributed by atoms with Gasteiger partial charge in [0.1, 0.15) is 31.0 Å². The van der Waals surface area contributed by atoms with Crippen LogP contribution in [-0.4, -0.2) is 64.7 Å². The molecule has 3 N–H and O–H groups in total. The van der Waals surface area contributed by atoms with E-state index in [1.54, 1.807) is 0 Å². The molecule has 8 unspecified atom stereocenters. The van der Waals surface area contributed by atoms with Gasteiger partial charge in [-0.2, -0.15) is 0 Å². The molecule has 0 aromatic rings. The standard InChI is InChI=1S/C51H90O7/c1-8-10-11-12-13-14-15-16-17-18-19-20-21-22-45(52)56-34-44-46(53)47(54)48(55)49(58-44)57-39-29-31-50(6)38(33-39)25-26-40-42-28-27-41(51(42,7)32-30-43(40)50)36(5)23-24-37(9-2)35(3)4/h25,35-37,39-44,46-49,53-55H,8-24,26-34H2,1-7H3/t36?,37?,39?,40-,41-,42+,43+,44?,46?,47?,48?,49?,50-,51+/m0/s1. The lowest BCUT2D eigenvalue weighted by Crippen LogP contribution is -2.60. The van der Waals surface area contributed by atoms with Crippen LogP contribution in [0.25, 0.3) is 0 Å². The van der Waals surface area contributed by atoms with Crippen molar-refractivity contribution in [2.24, 2.45) is 52.3 Å². The highest BCUT2D eigenvalue weighted by molar-refractivity contribution is 5.69. The third kappa shape index (κ3) is 11.9. The number of esters is 1. The molecular weight excluding hydrogens is 725 g/mol. The molecule has 14 atom stereocenters. The van der Waals surface area contributed by atoms with E-state index in [1.807, 2.05) is 0 Å². The van der Waals surface area contributed by atoms with Crippen LogP contribution in [0.5, 0.6) is 0 Å². The number of aliphatic hydroxyl groups is 3. The molecule has 7 heteroatoms. The second-order valence-corrected chi connectivity index (χ2v) is 21.1. The maximum atomic E-state index is 12.6. The predicted octanol–water partition coefficient (Wildman–Crippen LogP) is 11.9. The fourth-order valence-electron chi connectivity index (χ4n) is 13.3. The number of carbonyl (C=O) groups excluding carboxylic acids is 1. The molecule has 3 saturated carbocycles. The summed E-state index contributed by atoms with van der Waals surface area (Å²) in [5, 5.41) is 32.5. The summed E-state index contributed by atoms with van der Waals surface area (Å²) < 4.78 is 18.0. The first kappa shape index (κ1) is 48.0. The van der Waals surface area contributed by atoms with Gasteiger partial charge >= 0.3 is 5.97 Å². The first-order chi connectivity index (χ1) is 27.8. The van der Waals surface area contributed by atoms with Crippen molar-refractivity contribution in [2.45, 2.75) is 246 Å². The van der Waals surface area contributed by atoms with Crippen LogP contribution in [0.3, 0.4) is 0 Å². The molecule has 58 heavy (non-hydrogen) atoms. The smallest absolute Gasteiger partial charge is 0.305 e. The Morgan fingerprint density at radius 1 is 0.793 bits per heavy atom. The summed E-state index contributed by atoms with van der Waals surface area (Å²) in [6.07, 6.45) is 26.1. The molecule has 7 nitrogen and oxygen atoms in total. The molecule has 0 bridgehead atoms. The molecule has 0 aromatic carbocycles. The van der Waals surface area contributed by atoms with E-state index >= 15 is 0 Å². The molecular formula is C51H90O7. The number of aliphatic hydroxyl groups excluding tert-OH is 3. The highest BCUT2D eigenvalue weighted by Gasteiger charge is 2.59. The van der Waals surface area contributed by atoms with Gasteiger partial charge in [-0.15, -0.1) is 0 Å². The van der Waals surface area contributed by atoms with Crippen LogP contribution in [0.1, 0.15) is 209 Å². The maximum Gasteiger partial charge on any atom is 0.305 e. The van der Waals surface area contributed by atoms with Gasteiger partial charge in [0.15, 0.2) is 6.29 Å². The van der Waals surface area contributed by atoms with E-state index in [2.05, 4.69) is 54.5 Å². The molecule has 1 aliphatic heterocycles. The first-order valence-corrected chi connectivity index (χ1v) is 25.0. The van der Waals surface area contributed by atoms with E-state index in [4.69, 9.17) is 14.2 Å². The molecule has 5 aliphatic rings. The van der Waals surface area contributed by atoms with Crippen molar-refractivity contribution in [2.75, 3.05) is 6.61 Å². The van der Waals surface area contributed by atoms with Gasteiger partial charge in [-0.05, 0) is 116 Å². The van der Waals surface area contributed by atoms with Gasteiger partial charge in [0.25, 0.3) is 0 Å². The Labute approximate surface area is 355 Å². The second kappa shape index (κ2) is 22.9. The molecule has 0 amide bonds. The number of rotatable bonds is 24. The Hall–Kier alpha value is -0.990. The van der Waals surface area contributed by atoms with E-state index in [1.165, 1.54) is 115 Å². The zero-order valence-electron chi connectivity index (χ0n) is 38.4. The number of carbonyl (C=O) groups is 1. The molecule has 4 aliphatic carbocycles. The molecule has 5 rings (SSSR count). The molecule has 0 spiro atoms. The van der Waals surface area contributed by atoms with Gasteiger partial charge < -0.3 is 29.5 Å². The number of fused-ring (bicyclic) bond motifs is 5. The molecule has 336 valence electrons. The number of ether oxygens (including phenoxy) is 3. The minimum Gasteiger partial charge on any atom is -0.463 e. The normalized spacial score (nSPS) is 37.1. The monoisotopic (exact) mass is 815 g/mol. The first-order valence-electron chi connectivity index (χ1n) is 25.0. The van der Waals surface area contributed by atoms with E-state index in [-0.39, 0.29) is 24.1 Å². The number of unbranched alkanes of at least 4 members (excludes halogenated alkanes) is 12. The van der Waals surface area contributed by atoms with Gasteiger partial charge in [-0.1, -0.05) is 150 Å². The Bertz CT molecular complexity index is 1250. The Morgan fingerprint density at radius 3 is 2.09 bits per heavy atom. The van der Waals surface area contributed by atoms with Crippen molar-refractivity contribution in [1.29, 1.82) is 0 Å². The van der Waals surface area contributed by atoms with Crippen LogP contribution in [0.4, 0.5) is 0 Å². The van der Waals surface area contributed by atoms with E-state index in [9.17, 15) is 20.1 Å². The molecule has 4 fully saturated rings. The van der Waals surface area contributed by atoms with E-state index in [0.29, 0.717) is 17.8 Å².